The van der Waals surface area contributed by atoms with Crippen LogP contribution in [-0.4, -0.2) is 19.0 Å². The summed E-state index contributed by atoms with van der Waals surface area (Å²) in [6, 6.07) is 5.98. The molecule has 2 aromatic heterocycles. The van der Waals surface area contributed by atoms with E-state index in [1.54, 1.807) is 11.3 Å². The van der Waals surface area contributed by atoms with E-state index < -0.39 is 0 Å². The molecule has 0 bridgehead atoms. The average Bonchev–Trinajstić information content (AvgIpc) is 2.96. The van der Waals surface area contributed by atoms with Crippen molar-refractivity contribution in [2.24, 2.45) is 0 Å². The molecule has 0 unspecified atom stereocenters. The number of hydrogen-bond acceptors (Lipinski definition) is 5. The predicted octanol–water partition coefficient (Wildman–Crippen LogP) is 3.56. The van der Waals surface area contributed by atoms with Gasteiger partial charge in [0.2, 0.25) is 0 Å². The van der Waals surface area contributed by atoms with E-state index >= 15 is 0 Å². The quantitative estimate of drug-likeness (QED) is 0.724. The first kappa shape index (κ1) is 15.3. The Balaban J connectivity index is 1.90. The van der Waals surface area contributed by atoms with Gasteiger partial charge in [0.15, 0.2) is 0 Å². The molecule has 2 rings (SSSR count). The third-order valence-corrected chi connectivity index (χ3v) is 5.39. The van der Waals surface area contributed by atoms with Crippen LogP contribution in [0.3, 0.4) is 0 Å². The number of halogens is 1. The van der Waals surface area contributed by atoms with Crippen LogP contribution in [0, 0.1) is 0 Å². The molecule has 108 valence electrons. The lowest BCUT2D eigenvalue weighted by Gasteiger charge is -2.01. The number of thiophene rings is 2. The van der Waals surface area contributed by atoms with Crippen molar-refractivity contribution >= 4 is 55.2 Å². The Kier molecular flexibility index (Phi) is 5.45. The van der Waals surface area contributed by atoms with Gasteiger partial charge in [0.25, 0.3) is 5.91 Å². The van der Waals surface area contributed by atoms with Gasteiger partial charge in [-0.15, -0.1) is 22.7 Å². The van der Waals surface area contributed by atoms with E-state index in [0.29, 0.717) is 17.1 Å². The van der Waals surface area contributed by atoms with Gasteiger partial charge in [-0.1, -0.05) is 0 Å². The normalized spacial score (nSPS) is 10.5. The maximum atomic E-state index is 11.8. The van der Waals surface area contributed by atoms with Gasteiger partial charge in [-0.3, -0.25) is 4.79 Å². The maximum absolute atomic E-state index is 11.8. The van der Waals surface area contributed by atoms with Crippen LogP contribution in [0.5, 0.6) is 0 Å². The molecule has 1 amide bonds. The second kappa shape index (κ2) is 7.10. The summed E-state index contributed by atoms with van der Waals surface area (Å²) in [6.45, 7) is 3.31. The lowest BCUT2D eigenvalue weighted by Crippen LogP contribution is -2.22. The molecular formula is C13H16BrN3OS2. The number of rotatable bonds is 6. The van der Waals surface area contributed by atoms with Crippen molar-refractivity contribution in [3.63, 3.8) is 0 Å². The van der Waals surface area contributed by atoms with Crippen LogP contribution >= 0.6 is 38.6 Å². The summed E-state index contributed by atoms with van der Waals surface area (Å²) in [5.74, 6) is -0.106. The number of carbonyl (C=O) groups excluding carboxylic acids is 1. The molecule has 0 aromatic carbocycles. The van der Waals surface area contributed by atoms with Crippen molar-refractivity contribution in [2.45, 2.75) is 13.3 Å². The fourth-order valence-corrected chi connectivity index (χ4v) is 4.11. The van der Waals surface area contributed by atoms with E-state index in [4.69, 9.17) is 5.73 Å². The molecule has 0 aliphatic rings. The molecule has 4 N–H and O–H groups in total. The number of nitrogen functional groups attached to an aromatic ring is 1. The van der Waals surface area contributed by atoms with Crippen molar-refractivity contribution in [3.8, 4) is 0 Å². The molecule has 0 aliphatic heterocycles. The van der Waals surface area contributed by atoms with Crippen LogP contribution < -0.4 is 16.4 Å². The van der Waals surface area contributed by atoms with Crippen LogP contribution in [0.25, 0.3) is 0 Å². The Labute approximate surface area is 134 Å². The van der Waals surface area contributed by atoms with Gasteiger partial charge < -0.3 is 16.4 Å². The van der Waals surface area contributed by atoms with Crippen molar-refractivity contribution < 1.29 is 4.79 Å². The zero-order valence-corrected chi connectivity index (χ0v) is 14.3. The van der Waals surface area contributed by atoms with E-state index in [0.717, 1.165) is 21.8 Å². The molecule has 0 saturated carbocycles. The zero-order valence-electron chi connectivity index (χ0n) is 11.0. The van der Waals surface area contributed by atoms with Crippen LogP contribution in [0.15, 0.2) is 22.0 Å². The second-order valence-corrected chi connectivity index (χ2v) is 7.74. The largest absolute Gasteiger partial charge is 0.397 e. The van der Waals surface area contributed by atoms with Gasteiger partial charge in [0.05, 0.1) is 14.5 Å². The number of amides is 1. The summed E-state index contributed by atoms with van der Waals surface area (Å²) in [5.41, 5.74) is 6.39. The van der Waals surface area contributed by atoms with Crippen LogP contribution in [-0.2, 0) is 6.42 Å². The smallest absolute Gasteiger partial charge is 0.263 e. The van der Waals surface area contributed by atoms with E-state index in [2.05, 4.69) is 38.7 Å². The van der Waals surface area contributed by atoms with Gasteiger partial charge in [-0.05, 0) is 47.5 Å². The topological polar surface area (TPSA) is 67.2 Å². The monoisotopic (exact) mass is 373 g/mol. The van der Waals surface area contributed by atoms with Crippen molar-refractivity contribution in [1.82, 2.24) is 5.32 Å². The summed E-state index contributed by atoms with van der Waals surface area (Å²) >= 11 is 6.58. The van der Waals surface area contributed by atoms with Gasteiger partial charge in [0.1, 0.15) is 4.88 Å². The van der Waals surface area contributed by atoms with Crippen molar-refractivity contribution in [2.75, 3.05) is 24.1 Å². The van der Waals surface area contributed by atoms with Gasteiger partial charge in [-0.2, -0.15) is 0 Å². The Hall–Kier alpha value is -1.05. The molecule has 2 aromatic rings. The van der Waals surface area contributed by atoms with Crippen molar-refractivity contribution in [3.05, 3.63) is 31.7 Å². The molecule has 0 radical (unpaired) electrons. The molecule has 20 heavy (non-hydrogen) atoms. The Morgan fingerprint density at radius 2 is 2.20 bits per heavy atom. The van der Waals surface area contributed by atoms with Gasteiger partial charge >= 0.3 is 0 Å². The van der Waals surface area contributed by atoms with Crippen molar-refractivity contribution in [1.29, 1.82) is 0 Å². The number of nitrogens with two attached hydrogens (primary N) is 1. The lowest BCUT2D eigenvalue weighted by molar-refractivity contribution is 0.0960. The molecule has 0 spiro atoms. The second-order valence-electron chi connectivity index (χ2n) is 4.14. The Morgan fingerprint density at radius 1 is 1.40 bits per heavy atom. The first-order valence-electron chi connectivity index (χ1n) is 6.25. The highest BCUT2D eigenvalue weighted by molar-refractivity contribution is 9.11. The lowest BCUT2D eigenvalue weighted by atomic mass is 10.3. The third-order valence-electron chi connectivity index (χ3n) is 2.60. The highest BCUT2D eigenvalue weighted by atomic mass is 79.9. The number of nitrogens with one attached hydrogen (secondary N) is 2. The van der Waals surface area contributed by atoms with Crippen LogP contribution in [0.1, 0.15) is 21.5 Å². The molecule has 4 nitrogen and oxygen atoms in total. The Morgan fingerprint density at radius 3 is 2.85 bits per heavy atom. The highest BCUT2D eigenvalue weighted by Gasteiger charge is 2.13. The number of hydrogen-bond donors (Lipinski definition) is 3. The Bertz CT molecular complexity index is 594. The zero-order chi connectivity index (χ0) is 14.5. The SMILES string of the molecule is CCNC(=O)c1sc(NCCc2ccc(Br)s2)cc1N. The van der Waals surface area contributed by atoms with Gasteiger partial charge in [0, 0.05) is 18.0 Å². The molecule has 7 heteroatoms. The van der Waals surface area contributed by atoms with Crippen LogP contribution in [0.4, 0.5) is 10.7 Å². The molecular weight excluding hydrogens is 358 g/mol. The molecule has 0 atom stereocenters. The molecule has 0 saturated heterocycles. The summed E-state index contributed by atoms with van der Waals surface area (Å²) in [5, 5.41) is 7.00. The standard InChI is InChI=1S/C13H16BrN3OS2/c1-2-16-13(18)12-9(15)7-11(20-12)17-6-5-8-3-4-10(14)19-8/h3-4,7,17H,2,5-6,15H2,1H3,(H,16,18). The van der Waals surface area contributed by atoms with Crippen LogP contribution in [0.2, 0.25) is 0 Å². The average molecular weight is 374 g/mol. The maximum Gasteiger partial charge on any atom is 0.263 e. The molecule has 2 heterocycles. The fourth-order valence-electron chi connectivity index (χ4n) is 1.71. The third kappa shape index (κ3) is 3.97. The number of carbonyl (C=O) groups is 1. The summed E-state index contributed by atoms with van der Waals surface area (Å²) in [7, 11) is 0. The van der Waals surface area contributed by atoms with E-state index in [1.807, 2.05) is 13.0 Å². The number of anilines is 2. The minimum absolute atomic E-state index is 0.106. The van der Waals surface area contributed by atoms with E-state index in [-0.39, 0.29) is 5.91 Å². The van der Waals surface area contributed by atoms with E-state index in [1.165, 1.54) is 16.2 Å². The summed E-state index contributed by atoms with van der Waals surface area (Å²) in [6.07, 6.45) is 0.949. The minimum atomic E-state index is -0.106. The molecule has 0 fully saturated rings. The van der Waals surface area contributed by atoms with E-state index in [9.17, 15) is 4.79 Å². The first-order chi connectivity index (χ1) is 9.60. The summed E-state index contributed by atoms with van der Waals surface area (Å²) < 4.78 is 1.14. The highest BCUT2D eigenvalue weighted by Crippen LogP contribution is 2.29. The fraction of sp³-hybridized carbons (Fsp3) is 0.308. The first-order valence-corrected chi connectivity index (χ1v) is 8.68. The minimum Gasteiger partial charge on any atom is -0.397 e. The molecule has 0 aliphatic carbocycles. The summed E-state index contributed by atoms with van der Waals surface area (Å²) in [4.78, 5) is 13.7. The van der Waals surface area contributed by atoms with Gasteiger partial charge in [-0.25, -0.2) is 0 Å². The predicted molar refractivity (Wildman–Crippen MR) is 91.0 cm³/mol.